The van der Waals surface area contributed by atoms with Crippen molar-refractivity contribution >= 4 is 17.5 Å². The molecule has 0 amide bonds. The number of carboxylic acid groups (broad SMARTS) is 1. The van der Waals surface area contributed by atoms with Crippen molar-refractivity contribution < 1.29 is 24.6 Å². The average molecular weight is 366 g/mol. The molecular formula is C21H34O5. The summed E-state index contributed by atoms with van der Waals surface area (Å²) in [5, 5.41) is 18.8. The molecule has 0 bridgehead atoms. The van der Waals surface area contributed by atoms with Crippen molar-refractivity contribution in [2.24, 2.45) is 11.8 Å². The van der Waals surface area contributed by atoms with Crippen LogP contribution in [-0.2, 0) is 14.4 Å². The first-order valence-electron chi connectivity index (χ1n) is 10.0. The molecule has 26 heavy (non-hydrogen) atoms. The number of rotatable bonds is 14. The van der Waals surface area contributed by atoms with Gasteiger partial charge in [0.15, 0.2) is 0 Å². The van der Waals surface area contributed by atoms with E-state index in [9.17, 15) is 19.5 Å². The molecule has 2 N–H and O–H groups in total. The van der Waals surface area contributed by atoms with Crippen LogP contribution < -0.4 is 0 Å². The Morgan fingerprint density at radius 3 is 2.50 bits per heavy atom. The zero-order valence-corrected chi connectivity index (χ0v) is 16.0. The van der Waals surface area contributed by atoms with E-state index in [1.165, 1.54) is 0 Å². The summed E-state index contributed by atoms with van der Waals surface area (Å²) in [4.78, 5) is 34.5. The van der Waals surface area contributed by atoms with Crippen LogP contribution in [-0.4, -0.2) is 33.9 Å². The summed E-state index contributed by atoms with van der Waals surface area (Å²) in [5.41, 5.74) is 0. The summed E-state index contributed by atoms with van der Waals surface area (Å²) in [6.07, 6.45) is 11.3. The van der Waals surface area contributed by atoms with Crippen LogP contribution in [0.25, 0.3) is 0 Å². The first kappa shape index (κ1) is 22.6. The SMILES string of the molecule is CCCCCC(=O)CCC[C@H]1[C@H](O)CC(=O)[C@@H]1C/C=C\CCCC(=O)O. The van der Waals surface area contributed by atoms with E-state index in [1.54, 1.807) is 0 Å². The van der Waals surface area contributed by atoms with Crippen LogP contribution in [0.2, 0.25) is 0 Å². The Balaban J connectivity index is 2.34. The number of carboxylic acids is 1. The van der Waals surface area contributed by atoms with Gasteiger partial charge in [-0.05, 0) is 44.4 Å². The predicted molar refractivity (Wildman–Crippen MR) is 101 cm³/mol. The zero-order chi connectivity index (χ0) is 19.4. The van der Waals surface area contributed by atoms with Crippen molar-refractivity contribution in [3.8, 4) is 0 Å². The van der Waals surface area contributed by atoms with E-state index >= 15 is 0 Å². The predicted octanol–water partition coefficient (Wildman–Crippen LogP) is 4.07. The van der Waals surface area contributed by atoms with Crippen LogP contribution in [0.5, 0.6) is 0 Å². The van der Waals surface area contributed by atoms with Gasteiger partial charge in [-0.1, -0.05) is 31.9 Å². The molecule has 5 heteroatoms. The largest absolute Gasteiger partial charge is 0.481 e. The van der Waals surface area contributed by atoms with Crippen LogP contribution in [0.1, 0.15) is 84.0 Å². The van der Waals surface area contributed by atoms with E-state index in [2.05, 4.69) is 6.92 Å². The molecule has 148 valence electrons. The maximum absolute atomic E-state index is 12.1. The lowest BCUT2D eigenvalue weighted by Crippen LogP contribution is -2.20. The third kappa shape index (κ3) is 8.75. The van der Waals surface area contributed by atoms with Gasteiger partial charge in [0, 0.05) is 31.6 Å². The number of aliphatic hydroxyl groups excluding tert-OH is 1. The minimum Gasteiger partial charge on any atom is -0.481 e. The number of allylic oxidation sites excluding steroid dienone is 2. The number of hydrogen-bond donors (Lipinski definition) is 2. The molecule has 0 spiro atoms. The van der Waals surface area contributed by atoms with Gasteiger partial charge in [0.25, 0.3) is 0 Å². The smallest absolute Gasteiger partial charge is 0.303 e. The summed E-state index contributed by atoms with van der Waals surface area (Å²) >= 11 is 0. The minimum absolute atomic E-state index is 0.0605. The molecule has 1 rings (SSSR count). The third-order valence-corrected chi connectivity index (χ3v) is 5.21. The van der Waals surface area contributed by atoms with Gasteiger partial charge in [-0.3, -0.25) is 14.4 Å². The normalized spacial score (nSPS) is 23.0. The van der Waals surface area contributed by atoms with Crippen LogP contribution in [0.15, 0.2) is 12.2 Å². The van der Waals surface area contributed by atoms with Crippen molar-refractivity contribution in [1.29, 1.82) is 0 Å². The lowest BCUT2D eigenvalue weighted by molar-refractivity contribution is -0.137. The molecule has 3 atom stereocenters. The topological polar surface area (TPSA) is 91.7 Å². The Morgan fingerprint density at radius 1 is 1.08 bits per heavy atom. The standard InChI is InChI=1S/C21H34O5/c1-2-3-6-10-16(22)11-9-13-18-17(19(23)15-20(18)24)12-7-4-5-8-14-21(25)26/h4,7,17-18,20,24H,2-3,5-6,8-15H2,1H3,(H,25,26)/b7-4-/t17-,18-,20-/m1/s1. The summed E-state index contributed by atoms with van der Waals surface area (Å²) in [6, 6.07) is 0. The number of hydrogen-bond acceptors (Lipinski definition) is 4. The summed E-state index contributed by atoms with van der Waals surface area (Å²) in [6.45, 7) is 2.11. The molecule has 0 radical (unpaired) electrons. The van der Waals surface area contributed by atoms with Gasteiger partial charge in [-0.2, -0.15) is 0 Å². The Morgan fingerprint density at radius 2 is 1.81 bits per heavy atom. The van der Waals surface area contributed by atoms with Crippen molar-refractivity contribution in [3.05, 3.63) is 12.2 Å². The highest BCUT2D eigenvalue weighted by atomic mass is 16.4. The second-order valence-electron chi connectivity index (χ2n) is 7.39. The monoisotopic (exact) mass is 366 g/mol. The average Bonchev–Trinajstić information content (AvgIpc) is 2.84. The third-order valence-electron chi connectivity index (χ3n) is 5.21. The zero-order valence-electron chi connectivity index (χ0n) is 16.0. The van der Waals surface area contributed by atoms with E-state index in [4.69, 9.17) is 5.11 Å². The van der Waals surface area contributed by atoms with E-state index in [1.807, 2.05) is 12.2 Å². The summed E-state index contributed by atoms with van der Waals surface area (Å²) < 4.78 is 0. The van der Waals surface area contributed by atoms with Gasteiger partial charge in [0.2, 0.25) is 0 Å². The van der Waals surface area contributed by atoms with Gasteiger partial charge in [-0.15, -0.1) is 0 Å². The molecule has 0 heterocycles. The lowest BCUT2D eigenvalue weighted by atomic mass is 9.86. The number of Topliss-reactive ketones (excluding diaryl/α,β-unsaturated/α-hetero) is 2. The van der Waals surface area contributed by atoms with Crippen LogP contribution in [0, 0.1) is 11.8 Å². The van der Waals surface area contributed by atoms with E-state index in [0.717, 1.165) is 25.7 Å². The fraction of sp³-hybridized carbons (Fsp3) is 0.762. The van der Waals surface area contributed by atoms with Gasteiger partial charge in [-0.25, -0.2) is 0 Å². The molecule has 0 saturated heterocycles. The van der Waals surface area contributed by atoms with Crippen LogP contribution >= 0.6 is 0 Å². The quantitative estimate of drug-likeness (QED) is 0.357. The Bertz CT molecular complexity index is 483. The molecule has 5 nitrogen and oxygen atoms in total. The van der Waals surface area contributed by atoms with Crippen molar-refractivity contribution in [1.82, 2.24) is 0 Å². The van der Waals surface area contributed by atoms with E-state index in [-0.39, 0.29) is 36.2 Å². The second kappa shape index (κ2) is 12.8. The van der Waals surface area contributed by atoms with Gasteiger partial charge >= 0.3 is 5.97 Å². The molecule has 0 aliphatic heterocycles. The fourth-order valence-corrected chi connectivity index (χ4v) is 3.68. The molecule has 1 fully saturated rings. The first-order valence-corrected chi connectivity index (χ1v) is 10.0. The van der Waals surface area contributed by atoms with E-state index < -0.39 is 12.1 Å². The minimum atomic E-state index is -0.795. The Labute approximate surface area is 156 Å². The summed E-state index contributed by atoms with van der Waals surface area (Å²) in [7, 11) is 0. The molecular weight excluding hydrogens is 332 g/mol. The van der Waals surface area contributed by atoms with Crippen molar-refractivity contribution in [2.75, 3.05) is 0 Å². The van der Waals surface area contributed by atoms with Crippen LogP contribution in [0.3, 0.4) is 0 Å². The number of aliphatic carboxylic acids is 1. The highest BCUT2D eigenvalue weighted by Gasteiger charge is 2.40. The molecule has 1 aliphatic carbocycles. The highest BCUT2D eigenvalue weighted by Crippen LogP contribution is 2.35. The van der Waals surface area contributed by atoms with Crippen molar-refractivity contribution in [2.45, 2.75) is 90.1 Å². The molecule has 1 aliphatic rings. The van der Waals surface area contributed by atoms with Crippen LogP contribution in [0.4, 0.5) is 0 Å². The van der Waals surface area contributed by atoms with Gasteiger partial charge < -0.3 is 10.2 Å². The molecule has 0 aromatic rings. The van der Waals surface area contributed by atoms with Crippen molar-refractivity contribution in [3.63, 3.8) is 0 Å². The van der Waals surface area contributed by atoms with E-state index in [0.29, 0.717) is 38.5 Å². The number of carbonyl (C=O) groups is 3. The molecule has 0 aromatic heterocycles. The summed E-state index contributed by atoms with van der Waals surface area (Å²) in [5.74, 6) is -0.638. The molecule has 1 saturated carbocycles. The Kier molecular flexibility index (Phi) is 11.1. The number of unbranched alkanes of at least 4 members (excludes halogenated alkanes) is 3. The fourth-order valence-electron chi connectivity index (χ4n) is 3.68. The maximum Gasteiger partial charge on any atom is 0.303 e. The first-order chi connectivity index (χ1) is 12.5. The highest BCUT2D eigenvalue weighted by molar-refractivity contribution is 5.84. The maximum atomic E-state index is 12.1. The molecule has 0 unspecified atom stereocenters. The lowest BCUT2D eigenvalue weighted by Gasteiger charge is -2.19. The second-order valence-corrected chi connectivity index (χ2v) is 7.39. The van der Waals surface area contributed by atoms with Gasteiger partial charge in [0.1, 0.15) is 11.6 Å². The number of aliphatic hydroxyl groups is 1. The Hall–Kier alpha value is -1.49. The van der Waals surface area contributed by atoms with Gasteiger partial charge in [0.05, 0.1) is 6.10 Å². The number of carbonyl (C=O) groups excluding carboxylic acids is 2. The molecule has 0 aromatic carbocycles. The number of ketones is 2.